The summed E-state index contributed by atoms with van der Waals surface area (Å²) in [5.41, 5.74) is -0.650. The molecule has 7 nitrogen and oxygen atoms in total. The predicted molar refractivity (Wildman–Crippen MR) is 75.2 cm³/mol. The normalized spacial score (nSPS) is 11.6. The van der Waals surface area contributed by atoms with Crippen LogP contribution in [0.5, 0.6) is 0 Å². The number of nitrogens with one attached hydrogen (secondary N) is 1. The third kappa shape index (κ3) is 3.91. The molecule has 0 aliphatic rings. The molecule has 1 aromatic carbocycles. The summed E-state index contributed by atoms with van der Waals surface area (Å²) in [4.78, 5) is 32.5. The zero-order chi connectivity index (χ0) is 15.3. The van der Waals surface area contributed by atoms with Crippen LogP contribution in [0.4, 0.5) is 5.69 Å². The number of nitro benzene ring substituents is 1. The quantitative estimate of drug-likeness (QED) is 0.372. The van der Waals surface area contributed by atoms with Gasteiger partial charge in [0.1, 0.15) is 10.4 Å². The molecule has 1 aromatic rings. The highest BCUT2D eigenvalue weighted by Gasteiger charge is 2.24. The van der Waals surface area contributed by atoms with Crippen molar-refractivity contribution in [2.24, 2.45) is 0 Å². The Morgan fingerprint density at radius 1 is 1.55 bits per heavy atom. The average Bonchev–Trinajstić information content (AvgIpc) is 2.42. The summed E-state index contributed by atoms with van der Waals surface area (Å²) in [5, 5.41) is 13.2. The molecule has 1 atom stereocenters. The first-order chi connectivity index (χ1) is 9.38. The molecule has 0 spiro atoms. The highest BCUT2D eigenvalue weighted by atomic mass is 79.9. The van der Waals surface area contributed by atoms with Crippen molar-refractivity contribution in [2.75, 3.05) is 13.7 Å². The SMILES string of the molecule is COC(=O)C(Br)CNC(=O)c1c(Cl)cccc1[N+](=O)[O-]. The van der Waals surface area contributed by atoms with E-state index in [-0.39, 0.29) is 17.1 Å². The Morgan fingerprint density at radius 3 is 2.75 bits per heavy atom. The maximum absolute atomic E-state index is 11.9. The summed E-state index contributed by atoms with van der Waals surface area (Å²) in [6.07, 6.45) is 0. The summed E-state index contributed by atoms with van der Waals surface area (Å²) >= 11 is 8.82. The van der Waals surface area contributed by atoms with Crippen LogP contribution in [0.3, 0.4) is 0 Å². The van der Waals surface area contributed by atoms with Gasteiger partial charge in [-0.2, -0.15) is 0 Å². The van der Waals surface area contributed by atoms with Gasteiger partial charge < -0.3 is 10.1 Å². The third-order valence-corrected chi connectivity index (χ3v) is 3.33. The van der Waals surface area contributed by atoms with Crippen molar-refractivity contribution in [2.45, 2.75) is 4.83 Å². The van der Waals surface area contributed by atoms with Gasteiger partial charge in [-0.1, -0.05) is 33.6 Å². The van der Waals surface area contributed by atoms with Gasteiger partial charge in [0, 0.05) is 12.6 Å². The largest absolute Gasteiger partial charge is 0.468 e. The van der Waals surface area contributed by atoms with E-state index in [1.165, 1.54) is 25.3 Å². The lowest BCUT2D eigenvalue weighted by Gasteiger charge is -2.10. The van der Waals surface area contributed by atoms with Crippen molar-refractivity contribution in [1.82, 2.24) is 5.32 Å². The summed E-state index contributed by atoms with van der Waals surface area (Å²) in [6.45, 7) is -0.0894. The predicted octanol–water partition coefficient (Wildman–Crippen LogP) is 1.91. The Morgan fingerprint density at radius 2 is 2.20 bits per heavy atom. The number of hydrogen-bond donors (Lipinski definition) is 1. The molecule has 0 fully saturated rings. The Balaban J connectivity index is 2.88. The number of methoxy groups -OCH3 is 1. The average molecular weight is 366 g/mol. The fourth-order valence-electron chi connectivity index (χ4n) is 1.37. The highest BCUT2D eigenvalue weighted by molar-refractivity contribution is 9.10. The van der Waals surface area contributed by atoms with Crippen LogP contribution >= 0.6 is 27.5 Å². The number of rotatable bonds is 5. The van der Waals surface area contributed by atoms with Crippen LogP contribution in [-0.4, -0.2) is 35.3 Å². The number of alkyl halides is 1. The number of esters is 1. The van der Waals surface area contributed by atoms with E-state index in [1.807, 2.05) is 0 Å². The van der Waals surface area contributed by atoms with Crippen LogP contribution in [0, 0.1) is 10.1 Å². The molecular weight excluding hydrogens is 355 g/mol. The van der Waals surface area contributed by atoms with Gasteiger partial charge in [-0.15, -0.1) is 0 Å². The minimum atomic E-state index is -0.752. The lowest BCUT2D eigenvalue weighted by atomic mass is 10.1. The second kappa shape index (κ2) is 7.20. The second-order valence-corrected chi connectivity index (χ2v) is 5.10. The molecule has 0 aromatic heterocycles. The number of amides is 1. The fraction of sp³-hybridized carbons (Fsp3) is 0.273. The standard InChI is InChI=1S/C11H10BrClN2O5/c1-20-11(17)6(12)5-14-10(16)9-7(13)3-2-4-8(9)15(18)19/h2-4,6H,5H2,1H3,(H,14,16). The van der Waals surface area contributed by atoms with Crippen LogP contribution in [0.2, 0.25) is 5.02 Å². The number of carbonyl (C=O) groups is 2. The van der Waals surface area contributed by atoms with Crippen molar-refractivity contribution in [3.05, 3.63) is 38.9 Å². The van der Waals surface area contributed by atoms with Gasteiger partial charge in [0.05, 0.1) is 17.1 Å². The topological polar surface area (TPSA) is 98.5 Å². The molecule has 1 unspecified atom stereocenters. The highest BCUT2D eigenvalue weighted by Crippen LogP contribution is 2.25. The van der Waals surface area contributed by atoms with E-state index in [1.54, 1.807) is 0 Å². The van der Waals surface area contributed by atoms with Crippen LogP contribution in [0.15, 0.2) is 18.2 Å². The van der Waals surface area contributed by atoms with E-state index in [4.69, 9.17) is 11.6 Å². The van der Waals surface area contributed by atoms with Gasteiger partial charge in [-0.25, -0.2) is 0 Å². The van der Waals surface area contributed by atoms with Crippen LogP contribution in [0.1, 0.15) is 10.4 Å². The number of halogens is 2. The van der Waals surface area contributed by atoms with Gasteiger partial charge in [0.2, 0.25) is 0 Å². The molecule has 0 saturated heterocycles. The summed E-state index contributed by atoms with van der Waals surface area (Å²) in [7, 11) is 1.21. The molecule has 20 heavy (non-hydrogen) atoms. The van der Waals surface area contributed by atoms with Crippen molar-refractivity contribution in [3.63, 3.8) is 0 Å². The van der Waals surface area contributed by atoms with E-state index in [0.717, 1.165) is 0 Å². The molecule has 0 aliphatic carbocycles. The van der Waals surface area contributed by atoms with Gasteiger partial charge in [-0.3, -0.25) is 19.7 Å². The molecule has 0 radical (unpaired) electrons. The van der Waals surface area contributed by atoms with E-state index in [2.05, 4.69) is 26.0 Å². The number of hydrogen-bond acceptors (Lipinski definition) is 5. The summed E-state index contributed by atoms with van der Waals surface area (Å²) in [5.74, 6) is -1.31. The van der Waals surface area contributed by atoms with Crippen LogP contribution in [0.25, 0.3) is 0 Å². The summed E-state index contributed by atoms with van der Waals surface area (Å²) in [6, 6.07) is 3.92. The maximum atomic E-state index is 11.9. The van der Waals surface area contributed by atoms with E-state index < -0.39 is 27.3 Å². The van der Waals surface area contributed by atoms with E-state index in [9.17, 15) is 19.7 Å². The maximum Gasteiger partial charge on any atom is 0.321 e. The van der Waals surface area contributed by atoms with Gasteiger partial charge in [0.25, 0.3) is 11.6 Å². The van der Waals surface area contributed by atoms with Crippen molar-refractivity contribution < 1.29 is 19.2 Å². The minimum absolute atomic E-state index is 0.0408. The smallest absolute Gasteiger partial charge is 0.321 e. The molecule has 0 bridgehead atoms. The Hall–Kier alpha value is -1.67. The third-order valence-electron chi connectivity index (χ3n) is 2.31. The lowest BCUT2D eigenvalue weighted by Crippen LogP contribution is -2.34. The van der Waals surface area contributed by atoms with Gasteiger partial charge in [-0.05, 0) is 6.07 Å². The number of carbonyl (C=O) groups excluding carboxylic acids is 2. The van der Waals surface area contributed by atoms with Gasteiger partial charge in [0.15, 0.2) is 0 Å². The first-order valence-corrected chi connectivity index (χ1v) is 6.60. The molecule has 1 rings (SSSR count). The number of ether oxygens (including phenoxy) is 1. The van der Waals surface area contributed by atoms with Crippen molar-refractivity contribution >= 4 is 45.1 Å². The number of nitro groups is 1. The minimum Gasteiger partial charge on any atom is -0.468 e. The lowest BCUT2D eigenvalue weighted by molar-refractivity contribution is -0.385. The van der Waals surface area contributed by atoms with E-state index in [0.29, 0.717) is 0 Å². The first-order valence-electron chi connectivity index (χ1n) is 5.31. The zero-order valence-electron chi connectivity index (χ0n) is 10.3. The molecule has 108 valence electrons. The molecule has 0 saturated carbocycles. The number of benzene rings is 1. The number of nitrogens with zero attached hydrogens (tertiary/aromatic N) is 1. The molecule has 9 heteroatoms. The molecule has 0 aliphatic heterocycles. The van der Waals surface area contributed by atoms with Gasteiger partial charge >= 0.3 is 5.97 Å². The monoisotopic (exact) mass is 364 g/mol. The molecule has 1 N–H and O–H groups in total. The second-order valence-electron chi connectivity index (χ2n) is 3.59. The molecule has 0 heterocycles. The Bertz CT molecular complexity index is 552. The zero-order valence-corrected chi connectivity index (χ0v) is 12.6. The fourth-order valence-corrected chi connectivity index (χ4v) is 1.98. The Kier molecular flexibility index (Phi) is 5.90. The molecule has 1 amide bonds. The first kappa shape index (κ1) is 16.4. The van der Waals surface area contributed by atoms with E-state index >= 15 is 0 Å². The Labute approximate surface area is 127 Å². The molecular formula is C11H10BrClN2O5. The summed E-state index contributed by atoms with van der Waals surface area (Å²) < 4.78 is 4.46. The van der Waals surface area contributed by atoms with Crippen molar-refractivity contribution in [1.29, 1.82) is 0 Å². The van der Waals surface area contributed by atoms with Crippen LogP contribution in [-0.2, 0) is 9.53 Å². The van der Waals surface area contributed by atoms with Crippen molar-refractivity contribution in [3.8, 4) is 0 Å². The van der Waals surface area contributed by atoms with Crippen LogP contribution < -0.4 is 5.32 Å².